The van der Waals surface area contributed by atoms with E-state index in [1.54, 1.807) is 0 Å². The highest BCUT2D eigenvalue weighted by atomic mass is 35.5. The maximum absolute atomic E-state index is 13.5. The fourth-order valence-corrected chi connectivity index (χ4v) is 11.0. The highest BCUT2D eigenvalue weighted by Gasteiger charge is 2.87. The third-order valence-electron chi connectivity index (χ3n) is 8.66. The van der Waals surface area contributed by atoms with E-state index in [0.717, 1.165) is 19.3 Å². The van der Waals surface area contributed by atoms with Gasteiger partial charge in [0.15, 0.2) is 4.33 Å². The summed E-state index contributed by atoms with van der Waals surface area (Å²) in [7, 11) is 0. The average Bonchev–Trinajstić information content (AvgIpc) is 2.99. The first-order valence-electron chi connectivity index (χ1n) is 10.1. The van der Waals surface area contributed by atoms with Crippen molar-refractivity contribution < 1.29 is 9.59 Å². The number of halogens is 6. The highest BCUT2D eigenvalue weighted by molar-refractivity contribution is 6.66. The largest absolute Gasteiger partial charge is 0.281 e. The van der Waals surface area contributed by atoms with Gasteiger partial charge in [0.05, 0.1) is 21.9 Å². The van der Waals surface area contributed by atoms with E-state index in [1.165, 1.54) is 24.2 Å². The highest BCUT2D eigenvalue weighted by Crippen LogP contribution is 2.77. The molecule has 4 unspecified atom stereocenters. The summed E-state index contributed by atoms with van der Waals surface area (Å²) in [5.74, 6) is -0.615. The normalized spacial score (nSPS) is 54.1. The predicted octanol–water partition coefficient (Wildman–Crippen LogP) is 5.65. The molecule has 29 heavy (non-hydrogen) atoms. The van der Waals surface area contributed by atoms with Crippen molar-refractivity contribution in [1.29, 1.82) is 0 Å². The lowest BCUT2D eigenvalue weighted by Gasteiger charge is -2.57. The van der Waals surface area contributed by atoms with Gasteiger partial charge in [-0.25, -0.2) is 0 Å². The van der Waals surface area contributed by atoms with Crippen molar-refractivity contribution in [1.82, 2.24) is 4.90 Å². The first kappa shape index (κ1) is 20.2. The molecule has 9 heteroatoms. The lowest BCUT2D eigenvalue weighted by atomic mass is 9.49. The molecule has 0 aromatic rings. The summed E-state index contributed by atoms with van der Waals surface area (Å²) < 4.78 is -1.86. The van der Waals surface area contributed by atoms with Crippen molar-refractivity contribution in [3.8, 4) is 0 Å². The van der Waals surface area contributed by atoms with Crippen molar-refractivity contribution in [3.05, 3.63) is 10.1 Å². The Labute approximate surface area is 199 Å². The smallest absolute Gasteiger partial charge is 0.235 e. The molecule has 2 amide bonds. The Morgan fingerprint density at radius 1 is 0.759 bits per heavy atom. The van der Waals surface area contributed by atoms with Crippen LogP contribution in [-0.4, -0.2) is 37.3 Å². The molecule has 0 radical (unpaired) electrons. The lowest BCUT2D eigenvalue weighted by Crippen LogP contribution is -2.55. The van der Waals surface area contributed by atoms with Crippen LogP contribution in [0.5, 0.6) is 0 Å². The van der Waals surface area contributed by atoms with Crippen LogP contribution in [0.2, 0.25) is 0 Å². The van der Waals surface area contributed by atoms with Gasteiger partial charge in [0.25, 0.3) is 0 Å². The number of nitrogens with zero attached hydrogens (tertiary/aromatic N) is 1. The summed E-state index contributed by atoms with van der Waals surface area (Å²) >= 11 is 39.5. The van der Waals surface area contributed by atoms with Crippen LogP contribution in [0.15, 0.2) is 10.1 Å². The van der Waals surface area contributed by atoms with E-state index in [0.29, 0.717) is 24.3 Å². The van der Waals surface area contributed by atoms with E-state index in [2.05, 4.69) is 0 Å². The van der Waals surface area contributed by atoms with E-state index in [4.69, 9.17) is 69.6 Å². The molecule has 1 aliphatic heterocycles. The number of alkyl halides is 4. The predicted molar refractivity (Wildman–Crippen MR) is 115 cm³/mol. The number of amides is 2. The first-order chi connectivity index (χ1) is 13.5. The molecule has 3 nitrogen and oxygen atoms in total. The number of hydrogen-bond acceptors (Lipinski definition) is 2. The van der Waals surface area contributed by atoms with E-state index in [1.807, 2.05) is 0 Å². The Morgan fingerprint density at radius 3 is 1.52 bits per heavy atom. The van der Waals surface area contributed by atoms with Crippen LogP contribution in [0.4, 0.5) is 0 Å². The van der Waals surface area contributed by atoms with E-state index < -0.39 is 25.9 Å². The average molecular weight is 518 g/mol. The second-order valence-corrected chi connectivity index (χ2v) is 13.5. The summed E-state index contributed by atoms with van der Waals surface area (Å²) in [6.07, 6.45) is 7.11. The van der Waals surface area contributed by atoms with Crippen LogP contribution >= 0.6 is 69.6 Å². The molecular weight excluding hydrogens is 499 g/mol. The summed E-state index contributed by atoms with van der Waals surface area (Å²) in [6, 6.07) is 0. The van der Waals surface area contributed by atoms with Crippen molar-refractivity contribution in [2.75, 3.05) is 6.54 Å². The zero-order chi connectivity index (χ0) is 20.7. The Hall–Kier alpha value is 0.620. The second-order valence-electron chi connectivity index (χ2n) is 10.3. The topological polar surface area (TPSA) is 37.4 Å². The van der Waals surface area contributed by atoms with E-state index in [9.17, 15) is 9.59 Å². The fourth-order valence-electron chi connectivity index (χ4n) is 8.03. The van der Waals surface area contributed by atoms with E-state index in [-0.39, 0.29) is 27.3 Å². The van der Waals surface area contributed by atoms with Crippen LogP contribution in [0, 0.1) is 35.0 Å². The van der Waals surface area contributed by atoms with Crippen LogP contribution in [0.1, 0.15) is 38.5 Å². The number of fused-ring (bicyclic) bond motifs is 5. The molecule has 7 rings (SSSR count). The molecule has 6 aliphatic carbocycles. The molecule has 0 aromatic heterocycles. The maximum Gasteiger partial charge on any atom is 0.235 e. The third-order valence-corrected chi connectivity index (χ3v) is 12.9. The molecule has 6 fully saturated rings. The zero-order valence-electron chi connectivity index (χ0n) is 15.4. The van der Waals surface area contributed by atoms with Gasteiger partial charge in [-0.05, 0) is 61.7 Å². The molecule has 0 aromatic carbocycles. The number of carbonyl (C=O) groups is 2. The number of imide groups is 1. The van der Waals surface area contributed by atoms with E-state index >= 15 is 0 Å². The van der Waals surface area contributed by atoms with Crippen LogP contribution < -0.4 is 0 Å². The summed E-state index contributed by atoms with van der Waals surface area (Å²) in [5.41, 5.74) is 0.0107. The van der Waals surface area contributed by atoms with Gasteiger partial charge in [-0.2, -0.15) is 0 Å². The molecule has 1 heterocycles. The van der Waals surface area contributed by atoms with Crippen LogP contribution in [0.25, 0.3) is 0 Å². The molecule has 0 spiro atoms. The Balaban J connectivity index is 1.38. The Bertz CT molecular complexity index is 820. The van der Waals surface area contributed by atoms with Gasteiger partial charge < -0.3 is 0 Å². The van der Waals surface area contributed by atoms with Crippen LogP contribution in [-0.2, 0) is 9.59 Å². The van der Waals surface area contributed by atoms with Crippen molar-refractivity contribution >= 4 is 81.4 Å². The van der Waals surface area contributed by atoms with Gasteiger partial charge in [-0.1, -0.05) is 46.4 Å². The molecule has 5 saturated carbocycles. The van der Waals surface area contributed by atoms with Gasteiger partial charge in [-0.3, -0.25) is 14.5 Å². The molecule has 6 bridgehead atoms. The number of carbonyl (C=O) groups excluding carboxylic acids is 2. The molecule has 158 valence electrons. The summed E-state index contributed by atoms with van der Waals surface area (Å²) in [4.78, 5) is 25.0. The molecule has 1 saturated heterocycles. The molecular formula is C20H19Cl6NO2. The Kier molecular flexibility index (Phi) is 4.01. The minimum atomic E-state index is -1.86. The minimum Gasteiger partial charge on any atom is -0.281 e. The fraction of sp³-hybridized carbons (Fsp3) is 0.800. The quantitative estimate of drug-likeness (QED) is 0.350. The maximum atomic E-state index is 13.5. The number of likely N-dealkylation sites (tertiary alicyclic amines) is 1. The molecule has 7 aliphatic rings. The first-order valence-corrected chi connectivity index (χ1v) is 12.4. The van der Waals surface area contributed by atoms with Gasteiger partial charge in [0.2, 0.25) is 11.8 Å². The van der Waals surface area contributed by atoms with Crippen molar-refractivity contribution in [3.63, 3.8) is 0 Å². The van der Waals surface area contributed by atoms with Crippen molar-refractivity contribution in [2.45, 2.75) is 52.6 Å². The zero-order valence-corrected chi connectivity index (χ0v) is 19.9. The SMILES string of the molecule is O=C1C2C(C(=O)N1CC13CC4CC(CC(C4)C1)C3)C1(Cl)C(Cl)=C(Cl)C2(Cl)C1(Cl)Cl. The van der Waals surface area contributed by atoms with Crippen LogP contribution in [0.3, 0.4) is 0 Å². The number of hydrogen-bond donors (Lipinski definition) is 0. The molecule has 4 atom stereocenters. The second kappa shape index (κ2) is 5.75. The standard InChI is InChI=1S/C20H19Cl6NO2/c21-13-14(22)19(24)12-11(18(13,23)20(19,25)26)15(28)27(16(12)29)7-17-4-8-1-9(5-17)3-10(2-8)6-17/h8-12H,1-7H2. The minimum absolute atomic E-state index is 0.0107. The van der Waals surface area contributed by atoms with Gasteiger partial charge >= 0.3 is 0 Å². The van der Waals surface area contributed by atoms with Gasteiger partial charge in [-0.15, -0.1) is 23.2 Å². The third kappa shape index (κ3) is 2.09. The van der Waals surface area contributed by atoms with Gasteiger partial charge in [0.1, 0.15) is 9.75 Å². The lowest BCUT2D eigenvalue weighted by molar-refractivity contribution is -0.147. The molecule has 0 N–H and O–H groups in total. The Morgan fingerprint density at radius 2 is 1.14 bits per heavy atom. The summed E-state index contributed by atoms with van der Waals surface area (Å²) in [5, 5.41) is -0.0558. The van der Waals surface area contributed by atoms with Crippen molar-refractivity contribution in [2.24, 2.45) is 35.0 Å². The monoisotopic (exact) mass is 515 g/mol. The summed E-state index contributed by atoms with van der Waals surface area (Å²) in [6.45, 7) is 0.425. The number of rotatable bonds is 2. The van der Waals surface area contributed by atoms with Gasteiger partial charge in [0, 0.05) is 6.54 Å². The number of allylic oxidation sites excluding steroid dienone is 2.